The smallest absolute Gasteiger partial charge is 0.0152 e. The Morgan fingerprint density at radius 3 is 2.28 bits per heavy atom. The van der Waals surface area contributed by atoms with Crippen molar-refractivity contribution in [1.82, 2.24) is 10.2 Å². The molecule has 0 amide bonds. The van der Waals surface area contributed by atoms with Gasteiger partial charge in [0.1, 0.15) is 0 Å². The second-order valence-electron chi connectivity index (χ2n) is 7.01. The fourth-order valence-electron chi connectivity index (χ4n) is 4.85. The standard InChI is InChI=1S/C16H30N2/c1-17-13-14-6-11-18(12-7-14)15-5-10-16(15)8-3-2-4-9-16/h14-15,17H,2-13H2,1H3. The van der Waals surface area contributed by atoms with Crippen LogP contribution in [0.4, 0.5) is 0 Å². The van der Waals surface area contributed by atoms with E-state index < -0.39 is 0 Å². The molecule has 104 valence electrons. The van der Waals surface area contributed by atoms with Crippen LogP contribution in [0.15, 0.2) is 0 Å². The Morgan fingerprint density at radius 1 is 1.00 bits per heavy atom. The van der Waals surface area contributed by atoms with Crippen LogP contribution in [0, 0.1) is 11.3 Å². The van der Waals surface area contributed by atoms with Crippen molar-refractivity contribution in [3.05, 3.63) is 0 Å². The summed E-state index contributed by atoms with van der Waals surface area (Å²) < 4.78 is 0. The number of nitrogens with one attached hydrogen (secondary N) is 1. The van der Waals surface area contributed by atoms with Crippen LogP contribution in [-0.4, -0.2) is 37.6 Å². The van der Waals surface area contributed by atoms with E-state index in [9.17, 15) is 0 Å². The Kier molecular flexibility index (Phi) is 3.95. The molecule has 1 N–H and O–H groups in total. The molecule has 0 bridgehead atoms. The first-order chi connectivity index (χ1) is 8.84. The molecule has 0 aromatic carbocycles. The lowest BCUT2D eigenvalue weighted by molar-refractivity contribution is -0.0640. The van der Waals surface area contributed by atoms with Crippen molar-refractivity contribution < 1.29 is 0 Å². The van der Waals surface area contributed by atoms with Crippen molar-refractivity contribution in [3.8, 4) is 0 Å². The first kappa shape index (κ1) is 12.9. The topological polar surface area (TPSA) is 15.3 Å². The second-order valence-corrected chi connectivity index (χ2v) is 7.01. The van der Waals surface area contributed by atoms with Crippen LogP contribution < -0.4 is 5.32 Å². The molecule has 2 aliphatic carbocycles. The van der Waals surface area contributed by atoms with Crippen LogP contribution in [0.2, 0.25) is 0 Å². The van der Waals surface area contributed by atoms with Gasteiger partial charge < -0.3 is 5.32 Å². The van der Waals surface area contributed by atoms with Gasteiger partial charge in [0.05, 0.1) is 0 Å². The highest BCUT2D eigenvalue weighted by Crippen LogP contribution is 2.54. The minimum Gasteiger partial charge on any atom is -0.319 e. The first-order valence-corrected chi connectivity index (χ1v) is 8.23. The van der Waals surface area contributed by atoms with Crippen LogP contribution in [0.25, 0.3) is 0 Å². The summed E-state index contributed by atoms with van der Waals surface area (Å²) in [6.07, 6.45) is 13.5. The number of hydrogen-bond acceptors (Lipinski definition) is 2. The van der Waals surface area contributed by atoms with Gasteiger partial charge in [-0.1, -0.05) is 19.3 Å². The molecule has 2 heteroatoms. The summed E-state index contributed by atoms with van der Waals surface area (Å²) in [6, 6.07) is 0.966. The predicted octanol–water partition coefficient (Wildman–Crippen LogP) is 3.03. The average Bonchev–Trinajstić information content (AvgIpc) is 2.41. The lowest BCUT2D eigenvalue weighted by Crippen LogP contribution is -2.58. The van der Waals surface area contributed by atoms with E-state index in [0.29, 0.717) is 0 Å². The molecule has 18 heavy (non-hydrogen) atoms. The molecule has 1 saturated heterocycles. The van der Waals surface area contributed by atoms with E-state index in [-0.39, 0.29) is 0 Å². The summed E-state index contributed by atoms with van der Waals surface area (Å²) in [6.45, 7) is 3.97. The fourth-order valence-corrected chi connectivity index (χ4v) is 4.85. The molecule has 0 radical (unpaired) electrons. The van der Waals surface area contributed by atoms with E-state index in [1.54, 1.807) is 0 Å². The van der Waals surface area contributed by atoms with Crippen LogP contribution in [0.3, 0.4) is 0 Å². The predicted molar refractivity (Wildman–Crippen MR) is 76.8 cm³/mol. The van der Waals surface area contributed by atoms with Gasteiger partial charge >= 0.3 is 0 Å². The second kappa shape index (κ2) is 5.50. The Hall–Kier alpha value is -0.0800. The van der Waals surface area contributed by atoms with E-state index in [4.69, 9.17) is 0 Å². The molecule has 3 rings (SSSR count). The van der Waals surface area contributed by atoms with Crippen molar-refractivity contribution in [1.29, 1.82) is 0 Å². The highest BCUT2D eigenvalue weighted by atomic mass is 15.2. The van der Waals surface area contributed by atoms with Gasteiger partial charge in [-0.2, -0.15) is 0 Å². The Balaban J connectivity index is 1.53. The molecule has 1 heterocycles. The zero-order valence-corrected chi connectivity index (χ0v) is 12.1. The highest BCUT2D eigenvalue weighted by Gasteiger charge is 2.49. The Bertz CT molecular complexity index is 262. The number of hydrogen-bond donors (Lipinski definition) is 1. The largest absolute Gasteiger partial charge is 0.319 e. The van der Waals surface area contributed by atoms with Crippen molar-refractivity contribution in [2.45, 2.75) is 63.8 Å². The minimum atomic E-state index is 0.772. The lowest BCUT2D eigenvalue weighted by Gasteiger charge is -2.57. The number of nitrogens with zero attached hydrogens (tertiary/aromatic N) is 1. The fraction of sp³-hybridized carbons (Fsp3) is 1.00. The minimum absolute atomic E-state index is 0.772. The van der Waals surface area contributed by atoms with Crippen molar-refractivity contribution in [2.24, 2.45) is 11.3 Å². The molecule has 3 fully saturated rings. The van der Waals surface area contributed by atoms with Crippen LogP contribution in [0.1, 0.15) is 57.8 Å². The SMILES string of the molecule is CNCC1CCN(C2CCC23CCCCC3)CC1. The third-order valence-corrected chi connectivity index (χ3v) is 6.05. The normalized spacial score (nSPS) is 33.5. The average molecular weight is 250 g/mol. The zero-order chi connectivity index (χ0) is 12.4. The summed E-state index contributed by atoms with van der Waals surface area (Å²) in [5, 5.41) is 3.35. The number of rotatable bonds is 3. The Morgan fingerprint density at radius 2 is 1.72 bits per heavy atom. The maximum absolute atomic E-state index is 3.35. The monoisotopic (exact) mass is 250 g/mol. The molecule has 1 spiro atoms. The van der Waals surface area contributed by atoms with Gasteiger partial charge in [-0.15, -0.1) is 0 Å². The van der Waals surface area contributed by atoms with Crippen molar-refractivity contribution in [3.63, 3.8) is 0 Å². The molecule has 1 atom stereocenters. The van der Waals surface area contributed by atoms with Crippen LogP contribution >= 0.6 is 0 Å². The molecule has 1 aliphatic heterocycles. The molecular weight excluding hydrogens is 220 g/mol. The van der Waals surface area contributed by atoms with Gasteiger partial charge in [-0.05, 0) is 76.5 Å². The maximum atomic E-state index is 3.35. The summed E-state index contributed by atoms with van der Waals surface area (Å²) >= 11 is 0. The van der Waals surface area contributed by atoms with Crippen molar-refractivity contribution >= 4 is 0 Å². The van der Waals surface area contributed by atoms with Gasteiger partial charge in [0.15, 0.2) is 0 Å². The van der Waals surface area contributed by atoms with Gasteiger partial charge in [-0.3, -0.25) is 4.90 Å². The summed E-state index contributed by atoms with van der Waals surface area (Å²) in [7, 11) is 2.09. The first-order valence-electron chi connectivity index (χ1n) is 8.23. The molecule has 1 unspecified atom stereocenters. The van der Waals surface area contributed by atoms with E-state index in [2.05, 4.69) is 17.3 Å². The van der Waals surface area contributed by atoms with E-state index in [1.807, 2.05) is 0 Å². The van der Waals surface area contributed by atoms with Crippen LogP contribution in [-0.2, 0) is 0 Å². The summed E-state index contributed by atoms with van der Waals surface area (Å²) in [4.78, 5) is 2.86. The van der Waals surface area contributed by atoms with E-state index >= 15 is 0 Å². The zero-order valence-electron chi connectivity index (χ0n) is 12.1. The van der Waals surface area contributed by atoms with Gasteiger partial charge in [-0.25, -0.2) is 0 Å². The van der Waals surface area contributed by atoms with Crippen LogP contribution in [0.5, 0.6) is 0 Å². The number of piperidine rings is 1. The maximum Gasteiger partial charge on any atom is 0.0152 e. The van der Waals surface area contributed by atoms with E-state index in [0.717, 1.165) is 17.4 Å². The van der Waals surface area contributed by atoms with Gasteiger partial charge in [0.2, 0.25) is 0 Å². The van der Waals surface area contributed by atoms with Crippen molar-refractivity contribution in [2.75, 3.05) is 26.7 Å². The third-order valence-electron chi connectivity index (χ3n) is 6.05. The highest BCUT2D eigenvalue weighted by molar-refractivity contribution is 5.03. The molecule has 3 aliphatic rings. The van der Waals surface area contributed by atoms with Gasteiger partial charge in [0, 0.05) is 6.04 Å². The quantitative estimate of drug-likeness (QED) is 0.828. The van der Waals surface area contributed by atoms with E-state index in [1.165, 1.54) is 77.4 Å². The molecular formula is C16H30N2. The molecule has 2 saturated carbocycles. The molecule has 2 nitrogen and oxygen atoms in total. The number of likely N-dealkylation sites (tertiary alicyclic amines) is 1. The third kappa shape index (κ3) is 2.34. The molecule has 0 aromatic rings. The lowest BCUT2D eigenvalue weighted by atomic mass is 9.56. The Labute approximate surface area is 113 Å². The summed E-state index contributed by atoms with van der Waals surface area (Å²) in [5.41, 5.74) is 0.772. The molecule has 0 aromatic heterocycles. The van der Waals surface area contributed by atoms with Gasteiger partial charge in [0.25, 0.3) is 0 Å². The summed E-state index contributed by atoms with van der Waals surface area (Å²) in [5.74, 6) is 0.939.